The average molecular weight is 204 g/mol. The minimum absolute atomic E-state index is 0.561. The molecular formula is C13H20N2. The lowest BCUT2D eigenvalue weighted by atomic mass is 9.87. The van der Waals surface area contributed by atoms with Crippen molar-refractivity contribution in [1.29, 1.82) is 0 Å². The molecule has 82 valence electrons. The van der Waals surface area contributed by atoms with Gasteiger partial charge in [-0.2, -0.15) is 0 Å². The van der Waals surface area contributed by atoms with Crippen molar-refractivity contribution in [2.75, 3.05) is 27.2 Å². The summed E-state index contributed by atoms with van der Waals surface area (Å²) in [6.45, 7) is 4.46. The fraction of sp³-hybridized carbons (Fsp3) is 0.538. The van der Waals surface area contributed by atoms with Crippen LogP contribution < -0.4 is 5.32 Å². The first-order valence-corrected chi connectivity index (χ1v) is 5.62. The summed E-state index contributed by atoms with van der Waals surface area (Å²) in [7, 11) is 4.34. The second-order valence-electron chi connectivity index (χ2n) is 4.74. The first-order chi connectivity index (χ1) is 7.18. The van der Waals surface area contributed by atoms with Crippen molar-refractivity contribution in [3.63, 3.8) is 0 Å². The van der Waals surface area contributed by atoms with Crippen molar-refractivity contribution in [3.8, 4) is 0 Å². The maximum absolute atomic E-state index is 3.35. The van der Waals surface area contributed by atoms with Crippen LogP contribution in [-0.4, -0.2) is 32.1 Å². The highest BCUT2D eigenvalue weighted by atomic mass is 15.1. The quantitative estimate of drug-likeness (QED) is 0.808. The van der Waals surface area contributed by atoms with E-state index < -0.39 is 0 Å². The molecule has 1 aromatic carbocycles. The van der Waals surface area contributed by atoms with E-state index in [2.05, 4.69) is 55.5 Å². The van der Waals surface area contributed by atoms with Gasteiger partial charge in [-0.1, -0.05) is 29.8 Å². The Morgan fingerprint density at radius 1 is 1.33 bits per heavy atom. The predicted octanol–water partition coefficient (Wildman–Crippen LogP) is 1.82. The summed E-state index contributed by atoms with van der Waals surface area (Å²) >= 11 is 0. The zero-order valence-corrected chi connectivity index (χ0v) is 9.83. The molecule has 1 unspecified atom stereocenters. The summed E-state index contributed by atoms with van der Waals surface area (Å²) in [5.74, 6) is 0.766. The van der Waals surface area contributed by atoms with Crippen molar-refractivity contribution in [2.24, 2.45) is 5.92 Å². The van der Waals surface area contributed by atoms with E-state index in [9.17, 15) is 0 Å². The zero-order chi connectivity index (χ0) is 10.8. The summed E-state index contributed by atoms with van der Waals surface area (Å²) in [5.41, 5.74) is 2.80. The van der Waals surface area contributed by atoms with Crippen LogP contribution in [0.2, 0.25) is 0 Å². The van der Waals surface area contributed by atoms with Gasteiger partial charge in [-0.25, -0.2) is 0 Å². The Hall–Kier alpha value is -0.860. The van der Waals surface area contributed by atoms with Gasteiger partial charge < -0.3 is 10.2 Å². The average Bonchev–Trinajstić information content (AvgIpc) is 2.10. The van der Waals surface area contributed by atoms with Crippen LogP contribution in [0.1, 0.15) is 17.2 Å². The van der Waals surface area contributed by atoms with Gasteiger partial charge in [0.25, 0.3) is 0 Å². The lowest BCUT2D eigenvalue weighted by molar-refractivity contribution is 0.161. The van der Waals surface area contributed by atoms with Crippen LogP contribution in [0.3, 0.4) is 0 Å². The van der Waals surface area contributed by atoms with Crippen molar-refractivity contribution in [1.82, 2.24) is 10.2 Å². The molecule has 1 heterocycles. The molecule has 2 nitrogen and oxygen atoms in total. The maximum Gasteiger partial charge on any atom is 0.0394 e. The highest BCUT2D eigenvalue weighted by molar-refractivity contribution is 5.26. The summed E-state index contributed by atoms with van der Waals surface area (Å²) in [6, 6.07) is 9.44. The van der Waals surface area contributed by atoms with Gasteiger partial charge in [0.15, 0.2) is 0 Å². The molecule has 0 aromatic heterocycles. The Bertz CT molecular complexity index is 329. The Labute approximate surface area is 92.3 Å². The molecule has 15 heavy (non-hydrogen) atoms. The van der Waals surface area contributed by atoms with Crippen molar-refractivity contribution >= 4 is 0 Å². The number of benzene rings is 1. The van der Waals surface area contributed by atoms with E-state index in [0.29, 0.717) is 6.04 Å². The van der Waals surface area contributed by atoms with Gasteiger partial charge in [-0.05, 0) is 26.6 Å². The van der Waals surface area contributed by atoms with Crippen molar-refractivity contribution in [3.05, 3.63) is 35.4 Å². The van der Waals surface area contributed by atoms with E-state index in [0.717, 1.165) is 19.0 Å². The third-order valence-corrected chi connectivity index (χ3v) is 3.20. The topological polar surface area (TPSA) is 15.3 Å². The highest BCUT2D eigenvalue weighted by Gasteiger charge is 2.29. The van der Waals surface area contributed by atoms with Crippen LogP contribution in [0, 0.1) is 12.8 Å². The molecule has 0 saturated carbocycles. The van der Waals surface area contributed by atoms with Gasteiger partial charge in [0.2, 0.25) is 0 Å². The fourth-order valence-electron chi connectivity index (χ4n) is 2.38. The molecule has 1 aliphatic rings. The second-order valence-corrected chi connectivity index (χ2v) is 4.74. The van der Waals surface area contributed by atoms with Gasteiger partial charge in [-0.3, -0.25) is 0 Å². The van der Waals surface area contributed by atoms with Crippen LogP contribution in [0.5, 0.6) is 0 Å². The molecule has 0 bridgehead atoms. The predicted molar refractivity (Wildman–Crippen MR) is 64.0 cm³/mol. The molecule has 1 atom stereocenters. The molecular weight excluding hydrogens is 184 g/mol. The van der Waals surface area contributed by atoms with E-state index in [1.807, 2.05) is 0 Å². The Morgan fingerprint density at radius 3 is 2.53 bits per heavy atom. The molecule has 1 aliphatic heterocycles. The number of nitrogens with one attached hydrogen (secondary N) is 1. The SMILES string of the molecule is Cc1cccc(C(C2CNC2)N(C)C)c1. The standard InChI is InChI=1S/C13H20N2/c1-10-5-4-6-11(7-10)13(15(2)3)12-8-14-9-12/h4-7,12-14H,8-9H2,1-3H3. The highest BCUT2D eigenvalue weighted by Crippen LogP contribution is 2.29. The van der Waals surface area contributed by atoms with Gasteiger partial charge in [0.1, 0.15) is 0 Å². The van der Waals surface area contributed by atoms with Crippen molar-refractivity contribution < 1.29 is 0 Å². The van der Waals surface area contributed by atoms with E-state index in [1.54, 1.807) is 0 Å². The minimum atomic E-state index is 0.561. The molecule has 2 rings (SSSR count). The normalized spacial score (nSPS) is 18.9. The molecule has 0 spiro atoms. The lowest BCUT2D eigenvalue weighted by Crippen LogP contribution is -2.48. The zero-order valence-electron chi connectivity index (χ0n) is 9.83. The molecule has 1 aromatic rings. The van der Waals surface area contributed by atoms with E-state index in [4.69, 9.17) is 0 Å². The van der Waals surface area contributed by atoms with Gasteiger partial charge in [0, 0.05) is 25.0 Å². The molecule has 0 radical (unpaired) electrons. The van der Waals surface area contributed by atoms with Gasteiger partial charge >= 0.3 is 0 Å². The summed E-state index contributed by atoms with van der Waals surface area (Å²) in [5, 5.41) is 3.35. The number of hydrogen-bond acceptors (Lipinski definition) is 2. The number of nitrogens with zero attached hydrogens (tertiary/aromatic N) is 1. The number of hydrogen-bond donors (Lipinski definition) is 1. The second kappa shape index (κ2) is 4.33. The largest absolute Gasteiger partial charge is 0.316 e. The summed E-state index contributed by atoms with van der Waals surface area (Å²) in [4.78, 5) is 2.33. The van der Waals surface area contributed by atoms with Crippen LogP contribution in [0.4, 0.5) is 0 Å². The van der Waals surface area contributed by atoms with Crippen molar-refractivity contribution in [2.45, 2.75) is 13.0 Å². The Morgan fingerprint density at radius 2 is 2.07 bits per heavy atom. The monoisotopic (exact) mass is 204 g/mol. The summed E-state index contributed by atoms with van der Waals surface area (Å²) < 4.78 is 0. The Kier molecular flexibility index (Phi) is 3.08. The van der Waals surface area contributed by atoms with Crippen LogP contribution in [-0.2, 0) is 0 Å². The van der Waals surface area contributed by atoms with Gasteiger partial charge in [-0.15, -0.1) is 0 Å². The third kappa shape index (κ3) is 2.21. The molecule has 1 fully saturated rings. The fourth-order valence-corrected chi connectivity index (χ4v) is 2.38. The maximum atomic E-state index is 3.35. The third-order valence-electron chi connectivity index (χ3n) is 3.20. The van der Waals surface area contributed by atoms with E-state index >= 15 is 0 Å². The smallest absolute Gasteiger partial charge is 0.0394 e. The lowest BCUT2D eigenvalue weighted by Gasteiger charge is -2.39. The van der Waals surface area contributed by atoms with Gasteiger partial charge in [0.05, 0.1) is 0 Å². The minimum Gasteiger partial charge on any atom is -0.316 e. The summed E-state index contributed by atoms with van der Waals surface area (Å²) in [6.07, 6.45) is 0. The van der Waals surface area contributed by atoms with E-state index in [-0.39, 0.29) is 0 Å². The molecule has 2 heteroatoms. The Balaban J connectivity index is 2.23. The number of rotatable bonds is 3. The van der Waals surface area contributed by atoms with Crippen LogP contribution in [0.15, 0.2) is 24.3 Å². The van der Waals surface area contributed by atoms with Crippen LogP contribution >= 0.6 is 0 Å². The molecule has 0 amide bonds. The van der Waals surface area contributed by atoms with E-state index in [1.165, 1.54) is 11.1 Å². The molecule has 1 saturated heterocycles. The molecule has 1 N–H and O–H groups in total. The first-order valence-electron chi connectivity index (χ1n) is 5.62. The van der Waals surface area contributed by atoms with Crippen LogP contribution in [0.25, 0.3) is 0 Å². The first kappa shape index (κ1) is 10.7. The number of aryl methyl sites for hydroxylation is 1. The molecule has 0 aliphatic carbocycles.